The molecule has 0 saturated heterocycles. The lowest BCUT2D eigenvalue weighted by molar-refractivity contribution is -0.139. The van der Waals surface area contributed by atoms with Gasteiger partial charge in [-0.2, -0.15) is 0 Å². The van der Waals surface area contributed by atoms with Crippen molar-refractivity contribution >= 4 is 28.8 Å². The molecule has 6 nitrogen and oxygen atoms in total. The molecule has 0 spiro atoms. The van der Waals surface area contributed by atoms with Gasteiger partial charge < -0.3 is 15.0 Å². The molecule has 166 valence electrons. The molecule has 31 heavy (non-hydrogen) atoms. The van der Waals surface area contributed by atoms with Crippen LogP contribution >= 0.6 is 11.8 Å². The minimum Gasteiger partial charge on any atom is -0.463 e. The molecular weight excluding hydrogens is 410 g/mol. The molecule has 0 aliphatic carbocycles. The Balaban J connectivity index is 2.03. The Morgan fingerprint density at radius 3 is 2.45 bits per heavy atom. The largest absolute Gasteiger partial charge is 0.463 e. The molecule has 2 heterocycles. The fourth-order valence-corrected chi connectivity index (χ4v) is 4.72. The zero-order valence-electron chi connectivity index (χ0n) is 19.1. The van der Waals surface area contributed by atoms with Crippen molar-refractivity contribution in [3.8, 4) is 0 Å². The number of allylic oxidation sites excluding steroid dienone is 1. The molecule has 0 aromatic heterocycles. The highest BCUT2D eigenvalue weighted by Crippen LogP contribution is 2.45. The maximum absolute atomic E-state index is 12.9. The van der Waals surface area contributed by atoms with Crippen LogP contribution < -0.4 is 5.32 Å². The molecule has 1 unspecified atom stereocenters. The van der Waals surface area contributed by atoms with Crippen molar-refractivity contribution in [1.82, 2.24) is 10.2 Å². The fourth-order valence-electron chi connectivity index (χ4n) is 3.76. The van der Waals surface area contributed by atoms with E-state index in [1.807, 2.05) is 31.1 Å². The Morgan fingerprint density at radius 2 is 1.87 bits per heavy atom. The summed E-state index contributed by atoms with van der Waals surface area (Å²) in [4.78, 5) is 32.1. The number of thioether (sulfide) groups is 1. The zero-order valence-corrected chi connectivity index (χ0v) is 19.9. The number of carbonyl (C=O) groups is 2. The number of fused-ring (bicyclic) bond motifs is 1. The number of nitrogens with zero attached hydrogens (tertiary/aromatic N) is 2. The third kappa shape index (κ3) is 5.03. The number of nitrogens with one attached hydrogen (secondary N) is 1. The van der Waals surface area contributed by atoms with E-state index >= 15 is 0 Å². The van der Waals surface area contributed by atoms with Crippen LogP contribution in [-0.4, -0.2) is 34.6 Å². The predicted molar refractivity (Wildman–Crippen MR) is 125 cm³/mol. The first-order valence-electron chi connectivity index (χ1n) is 10.7. The lowest BCUT2D eigenvalue weighted by atomic mass is 9.92. The van der Waals surface area contributed by atoms with Gasteiger partial charge in [0.05, 0.1) is 30.3 Å². The smallest absolute Gasteiger partial charge is 0.338 e. The van der Waals surface area contributed by atoms with Crippen molar-refractivity contribution in [3.05, 3.63) is 57.8 Å². The molecule has 0 fully saturated rings. The number of amides is 1. The highest BCUT2D eigenvalue weighted by Gasteiger charge is 2.41. The van der Waals surface area contributed by atoms with Crippen molar-refractivity contribution in [2.24, 2.45) is 4.99 Å². The standard InChI is InChI=1S/C24H31N3O3S/c1-7-30-23(29)21-16(6)26-24-27(19(13-31-24)12-20(28)25-15(4)5)22(21)18-10-8-17(9-11-18)14(2)3/h8-11,13-15,22H,7,12H2,1-6H3,(H,25,28). The molecule has 0 bridgehead atoms. The van der Waals surface area contributed by atoms with Crippen LogP contribution in [0.1, 0.15) is 71.0 Å². The summed E-state index contributed by atoms with van der Waals surface area (Å²) in [6.45, 7) is 12.1. The number of benzene rings is 1. The van der Waals surface area contributed by atoms with Crippen LogP contribution in [0.25, 0.3) is 0 Å². The average molecular weight is 442 g/mol. The van der Waals surface area contributed by atoms with Crippen LogP contribution in [0.5, 0.6) is 0 Å². The quantitative estimate of drug-likeness (QED) is 0.612. The Labute approximate surface area is 188 Å². The average Bonchev–Trinajstić information content (AvgIpc) is 3.08. The summed E-state index contributed by atoms with van der Waals surface area (Å²) in [6, 6.07) is 7.99. The van der Waals surface area contributed by atoms with Crippen LogP contribution in [0.2, 0.25) is 0 Å². The van der Waals surface area contributed by atoms with E-state index in [0.29, 0.717) is 23.8 Å². The lowest BCUT2D eigenvalue weighted by Crippen LogP contribution is -2.38. The molecule has 1 atom stereocenters. The first-order valence-corrected chi connectivity index (χ1v) is 11.6. The molecule has 0 saturated carbocycles. The number of hydrogen-bond acceptors (Lipinski definition) is 6. The third-order valence-corrected chi connectivity index (χ3v) is 6.09. The van der Waals surface area contributed by atoms with E-state index in [9.17, 15) is 9.59 Å². The number of rotatable bonds is 7. The first kappa shape index (κ1) is 23.1. The molecular formula is C24H31N3O3S. The minimum atomic E-state index is -0.388. The van der Waals surface area contributed by atoms with Gasteiger partial charge in [-0.25, -0.2) is 9.79 Å². The predicted octanol–water partition coefficient (Wildman–Crippen LogP) is 4.86. The molecule has 1 N–H and O–H groups in total. The van der Waals surface area contributed by atoms with E-state index in [1.165, 1.54) is 17.3 Å². The van der Waals surface area contributed by atoms with Crippen LogP contribution in [0, 0.1) is 0 Å². The normalized spacial score (nSPS) is 18.2. The molecule has 2 aliphatic heterocycles. The van der Waals surface area contributed by atoms with Crippen molar-refractivity contribution in [1.29, 1.82) is 0 Å². The van der Waals surface area contributed by atoms with E-state index in [0.717, 1.165) is 16.4 Å². The number of hydrogen-bond donors (Lipinski definition) is 1. The lowest BCUT2D eigenvalue weighted by Gasteiger charge is -2.36. The van der Waals surface area contributed by atoms with E-state index in [4.69, 9.17) is 4.74 Å². The number of esters is 1. The maximum Gasteiger partial charge on any atom is 0.338 e. The monoisotopic (exact) mass is 441 g/mol. The fraction of sp³-hybridized carbons (Fsp3) is 0.458. The van der Waals surface area contributed by atoms with Gasteiger partial charge in [0.1, 0.15) is 0 Å². The summed E-state index contributed by atoms with van der Waals surface area (Å²) in [7, 11) is 0. The highest BCUT2D eigenvalue weighted by molar-refractivity contribution is 8.16. The summed E-state index contributed by atoms with van der Waals surface area (Å²) in [6.07, 6.45) is 0.222. The summed E-state index contributed by atoms with van der Waals surface area (Å²) in [5.74, 6) is -0.0125. The maximum atomic E-state index is 12.9. The molecule has 1 aromatic rings. The van der Waals surface area contributed by atoms with Crippen LogP contribution in [0.4, 0.5) is 0 Å². The Kier molecular flexibility index (Phi) is 7.26. The van der Waals surface area contributed by atoms with Gasteiger partial charge in [-0.3, -0.25) is 4.79 Å². The highest BCUT2D eigenvalue weighted by atomic mass is 32.2. The zero-order chi connectivity index (χ0) is 22.7. The molecule has 0 radical (unpaired) electrons. The minimum absolute atomic E-state index is 0.0547. The first-order chi connectivity index (χ1) is 14.7. The van der Waals surface area contributed by atoms with Crippen LogP contribution in [-0.2, 0) is 14.3 Å². The van der Waals surface area contributed by atoms with Gasteiger partial charge in [-0.15, -0.1) is 0 Å². The summed E-state index contributed by atoms with van der Waals surface area (Å²) in [5, 5.41) is 5.67. The third-order valence-electron chi connectivity index (χ3n) is 5.21. The second-order valence-corrected chi connectivity index (χ2v) is 9.17. The Bertz CT molecular complexity index is 945. The van der Waals surface area contributed by atoms with Crippen LogP contribution in [0.3, 0.4) is 0 Å². The number of carbonyl (C=O) groups excluding carboxylic acids is 2. The molecule has 2 aliphatic rings. The van der Waals surface area contributed by atoms with E-state index < -0.39 is 0 Å². The van der Waals surface area contributed by atoms with Gasteiger partial charge in [-0.1, -0.05) is 49.9 Å². The topological polar surface area (TPSA) is 71.0 Å². The van der Waals surface area contributed by atoms with Gasteiger partial charge in [0.25, 0.3) is 0 Å². The SMILES string of the molecule is CCOC(=O)C1=C(C)N=C2SC=C(CC(=O)NC(C)C)N2C1c1ccc(C(C)C)cc1. The number of aliphatic imine (C=N–C) groups is 1. The van der Waals surface area contributed by atoms with Crippen molar-refractivity contribution in [2.45, 2.75) is 66.0 Å². The van der Waals surface area contributed by atoms with Crippen molar-refractivity contribution < 1.29 is 14.3 Å². The van der Waals surface area contributed by atoms with Gasteiger partial charge >= 0.3 is 5.97 Å². The second kappa shape index (κ2) is 9.73. The number of amidine groups is 1. The van der Waals surface area contributed by atoms with Crippen LogP contribution in [0.15, 0.2) is 51.6 Å². The van der Waals surface area contributed by atoms with E-state index in [-0.39, 0.29) is 30.4 Å². The van der Waals surface area contributed by atoms with Gasteiger partial charge in [0, 0.05) is 11.7 Å². The van der Waals surface area contributed by atoms with Gasteiger partial charge in [0.2, 0.25) is 5.91 Å². The molecule has 1 aromatic carbocycles. The van der Waals surface area contributed by atoms with Gasteiger partial charge in [0.15, 0.2) is 5.17 Å². The summed E-state index contributed by atoms with van der Waals surface area (Å²) < 4.78 is 5.38. The molecule has 3 rings (SSSR count). The van der Waals surface area contributed by atoms with Gasteiger partial charge in [-0.05, 0) is 50.1 Å². The summed E-state index contributed by atoms with van der Waals surface area (Å²) in [5.41, 5.74) is 4.19. The number of ether oxygens (including phenoxy) is 1. The Morgan fingerprint density at radius 1 is 1.19 bits per heavy atom. The van der Waals surface area contributed by atoms with E-state index in [2.05, 4.69) is 48.4 Å². The van der Waals surface area contributed by atoms with Crippen molar-refractivity contribution in [2.75, 3.05) is 6.61 Å². The van der Waals surface area contributed by atoms with Crippen molar-refractivity contribution in [3.63, 3.8) is 0 Å². The molecule has 7 heteroatoms. The Hall–Kier alpha value is -2.54. The second-order valence-electron chi connectivity index (χ2n) is 8.33. The summed E-state index contributed by atoms with van der Waals surface area (Å²) >= 11 is 1.48. The van der Waals surface area contributed by atoms with E-state index in [1.54, 1.807) is 6.92 Å². The molecule has 1 amide bonds.